The first-order valence-corrected chi connectivity index (χ1v) is 7.61. The summed E-state index contributed by atoms with van der Waals surface area (Å²) < 4.78 is 6.90. The zero-order chi connectivity index (χ0) is 14.7. The van der Waals surface area contributed by atoms with E-state index in [0.717, 1.165) is 22.2 Å². The van der Waals surface area contributed by atoms with Gasteiger partial charge in [-0.25, -0.2) is 0 Å². The van der Waals surface area contributed by atoms with Crippen LogP contribution < -0.4 is 10.5 Å². The predicted octanol–water partition coefficient (Wildman–Crippen LogP) is 5.09. The molecule has 0 spiro atoms. The van der Waals surface area contributed by atoms with Gasteiger partial charge in [0.05, 0.1) is 9.50 Å². The monoisotopic (exact) mass is 353 g/mol. The lowest BCUT2D eigenvalue weighted by Crippen LogP contribution is -2.18. The van der Waals surface area contributed by atoms with E-state index in [1.807, 2.05) is 50.2 Å². The molecule has 0 fully saturated rings. The second kappa shape index (κ2) is 6.61. The van der Waals surface area contributed by atoms with Crippen molar-refractivity contribution in [1.82, 2.24) is 0 Å². The zero-order valence-electron chi connectivity index (χ0n) is 11.5. The topological polar surface area (TPSA) is 35.2 Å². The van der Waals surface area contributed by atoms with Gasteiger partial charge in [0, 0.05) is 6.04 Å². The molecule has 0 aliphatic carbocycles. The molecule has 2 aromatic rings. The Hall–Kier alpha value is -1.03. The second-order valence-corrected chi connectivity index (χ2v) is 6.21. The number of nitrogens with two attached hydrogens (primary N) is 1. The van der Waals surface area contributed by atoms with Crippen LogP contribution in [-0.4, -0.2) is 6.04 Å². The van der Waals surface area contributed by atoms with Gasteiger partial charge in [-0.2, -0.15) is 0 Å². The Bertz CT molecular complexity index is 613. The molecule has 0 aliphatic heterocycles. The molecule has 0 amide bonds. The van der Waals surface area contributed by atoms with Gasteiger partial charge in [-0.1, -0.05) is 29.8 Å². The molecule has 106 valence electrons. The van der Waals surface area contributed by atoms with Crippen molar-refractivity contribution in [3.8, 4) is 11.5 Å². The van der Waals surface area contributed by atoms with Crippen LogP contribution in [0, 0.1) is 6.92 Å². The minimum Gasteiger partial charge on any atom is -0.454 e. The van der Waals surface area contributed by atoms with Gasteiger partial charge in [-0.15, -0.1) is 0 Å². The molecule has 0 heterocycles. The van der Waals surface area contributed by atoms with Crippen molar-refractivity contribution in [2.45, 2.75) is 26.3 Å². The minimum absolute atomic E-state index is 0.0530. The summed E-state index contributed by atoms with van der Waals surface area (Å²) in [6.45, 7) is 4.00. The first-order valence-electron chi connectivity index (χ1n) is 6.44. The van der Waals surface area contributed by atoms with E-state index < -0.39 is 0 Å². The summed E-state index contributed by atoms with van der Waals surface area (Å²) in [6.07, 6.45) is 0.722. The van der Waals surface area contributed by atoms with Crippen LogP contribution in [0.25, 0.3) is 0 Å². The average Bonchev–Trinajstić information content (AvgIpc) is 2.35. The molecular weight excluding hydrogens is 338 g/mol. The maximum Gasteiger partial charge on any atom is 0.149 e. The van der Waals surface area contributed by atoms with E-state index in [-0.39, 0.29) is 6.04 Å². The minimum atomic E-state index is 0.0530. The fraction of sp³-hybridized carbons (Fsp3) is 0.250. The van der Waals surface area contributed by atoms with Crippen molar-refractivity contribution in [3.63, 3.8) is 0 Å². The van der Waals surface area contributed by atoms with Gasteiger partial charge in [-0.05, 0) is 65.5 Å². The second-order valence-electron chi connectivity index (χ2n) is 4.95. The Morgan fingerprint density at radius 1 is 1.30 bits per heavy atom. The van der Waals surface area contributed by atoms with E-state index in [4.69, 9.17) is 22.1 Å². The fourth-order valence-electron chi connectivity index (χ4n) is 1.97. The molecule has 4 heteroatoms. The van der Waals surface area contributed by atoms with E-state index in [2.05, 4.69) is 15.9 Å². The van der Waals surface area contributed by atoms with Gasteiger partial charge >= 0.3 is 0 Å². The van der Waals surface area contributed by atoms with Crippen LogP contribution in [0.4, 0.5) is 0 Å². The molecule has 2 nitrogen and oxygen atoms in total. The molecule has 1 atom stereocenters. The number of para-hydroxylation sites is 1. The summed E-state index contributed by atoms with van der Waals surface area (Å²) in [5.41, 5.74) is 8.06. The molecule has 0 bridgehead atoms. The normalized spacial score (nSPS) is 12.2. The third-order valence-corrected chi connectivity index (χ3v) is 3.81. The van der Waals surface area contributed by atoms with Crippen LogP contribution in [0.15, 0.2) is 40.9 Å². The molecule has 0 saturated carbocycles. The summed E-state index contributed by atoms with van der Waals surface area (Å²) in [5.74, 6) is 1.42. The summed E-state index contributed by atoms with van der Waals surface area (Å²) in [5, 5.41) is 0.593. The first kappa shape index (κ1) is 15.4. The highest BCUT2D eigenvalue weighted by molar-refractivity contribution is 9.10. The summed E-state index contributed by atoms with van der Waals surface area (Å²) in [6, 6.07) is 11.7. The largest absolute Gasteiger partial charge is 0.454 e. The van der Waals surface area contributed by atoms with E-state index in [0.29, 0.717) is 10.8 Å². The summed E-state index contributed by atoms with van der Waals surface area (Å²) in [7, 11) is 0. The van der Waals surface area contributed by atoms with Crippen LogP contribution in [0.2, 0.25) is 5.02 Å². The third kappa shape index (κ3) is 3.75. The van der Waals surface area contributed by atoms with Crippen molar-refractivity contribution in [2.24, 2.45) is 5.73 Å². The Morgan fingerprint density at radius 2 is 2.05 bits per heavy atom. The third-order valence-electron chi connectivity index (χ3n) is 2.89. The van der Waals surface area contributed by atoms with Crippen molar-refractivity contribution in [1.29, 1.82) is 0 Å². The first-order chi connectivity index (χ1) is 9.47. The highest BCUT2D eigenvalue weighted by atomic mass is 79.9. The lowest BCUT2D eigenvalue weighted by Gasteiger charge is -2.15. The Balaban J connectivity index is 2.37. The van der Waals surface area contributed by atoms with Crippen molar-refractivity contribution in [2.75, 3.05) is 0 Å². The van der Waals surface area contributed by atoms with Gasteiger partial charge in [0.25, 0.3) is 0 Å². The molecule has 20 heavy (non-hydrogen) atoms. The standard InChI is InChI=1S/C16H17BrClNO/c1-10-6-7-15(13(17)8-10)20-16-12(9-11(2)19)4-3-5-14(16)18/h3-8,11H,9,19H2,1-2H3. The van der Waals surface area contributed by atoms with Gasteiger partial charge < -0.3 is 10.5 Å². The molecule has 2 aromatic carbocycles. The van der Waals surface area contributed by atoms with E-state index >= 15 is 0 Å². The molecular formula is C16H17BrClNO. The van der Waals surface area contributed by atoms with E-state index in [1.54, 1.807) is 0 Å². The number of hydrogen-bond donors (Lipinski definition) is 1. The van der Waals surface area contributed by atoms with Crippen LogP contribution >= 0.6 is 27.5 Å². The van der Waals surface area contributed by atoms with Gasteiger partial charge in [-0.3, -0.25) is 0 Å². The lowest BCUT2D eigenvalue weighted by atomic mass is 10.1. The number of ether oxygens (including phenoxy) is 1. The molecule has 2 N–H and O–H groups in total. The Labute approximate surface area is 133 Å². The van der Waals surface area contributed by atoms with Crippen LogP contribution in [0.1, 0.15) is 18.1 Å². The zero-order valence-corrected chi connectivity index (χ0v) is 13.8. The highest BCUT2D eigenvalue weighted by Crippen LogP contribution is 2.36. The summed E-state index contributed by atoms with van der Waals surface area (Å²) >= 11 is 9.78. The quantitative estimate of drug-likeness (QED) is 0.829. The van der Waals surface area contributed by atoms with Crippen molar-refractivity contribution in [3.05, 3.63) is 57.0 Å². The SMILES string of the molecule is Cc1ccc(Oc2c(Cl)cccc2CC(C)N)c(Br)c1. The van der Waals surface area contributed by atoms with Crippen molar-refractivity contribution < 1.29 is 4.74 Å². The Kier molecular flexibility index (Phi) is 5.08. The summed E-state index contributed by atoms with van der Waals surface area (Å²) in [4.78, 5) is 0. The molecule has 1 unspecified atom stereocenters. The Morgan fingerprint density at radius 3 is 2.70 bits per heavy atom. The number of benzene rings is 2. The van der Waals surface area contributed by atoms with Crippen LogP contribution in [-0.2, 0) is 6.42 Å². The highest BCUT2D eigenvalue weighted by Gasteiger charge is 2.12. The van der Waals surface area contributed by atoms with Crippen LogP contribution in [0.5, 0.6) is 11.5 Å². The van der Waals surface area contributed by atoms with Crippen molar-refractivity contribution >= 4 is 27.5 Å². The molecule has 0 aromatic heterocycles. The molecule has 0 saturated heterocycles. The number of halogens is 2. The van der Waals surface area contributed by atoms with Crippen LogP contribution in [0.3, 0.4) is 0 Å². The van der Waals surface area contributed by atoms with E-state index in [9.17, 15) is 0 Å². The lowest BCUT2D eigenvalue weighted by molar-refractivity contribution is 0.471. The molecule has 0 radical (unpaired) electrons. The predicted molar refractivity (Wildman–Crippen MR) is 87.8 cm³/mol. The average molecular weight is 355 g/mol. The maximum absolute atomic E-state index is 6.27. The number of aryl methyl sites for hydroxylation is 1. The molecule has 0 aliphatic rings. The molecule has 2 rings (SSSR count). The smallest absolute Gasteiger partial charge is 0.149 e. The van der Waals surface area contributed by atoms with Gasteiger partial charge in [0.15, 0.2) is 0 Å². The number of rotatable bonds is 4. The van der Waals surface area contributed by atoms with Gasteiger partial charge in [0.1, 0.15) is 11.5 Å². The fourth-order valence-corrected chi connectivity index (χ4v) is 2.78. The number of hydrogen-bond acceptors (Lipinski definition) is 2. The van der Waals surface area contributed by atoms with Gasteiger partial charge in [0.2, 0.25) is 0 Å². The van der Waals surface area contributed by atoms with E-state index in [1.165, 1.54) is 5.56 Å². The maximum atomic E-state index is 6.27.